The molecule has 0 heterocycles. The standard InChI is InChI=1S/C13H20N2O2/c1-15(8-9-5-11(16)6-9)10-3-4-12(14)13(7-10)17-2/h3-4,7,9,11,16H,5-6,8,14H2,1-2H3. The minimum atomic E-state index is -0.0886. The number of rotatable bonds is 4. The largest absolute Gasteiger partial charge is 0.495 e. The second-order valence-corrected chi connectivity index (χ2v) is 4.80. The van der Waals surface area contributed by atoms with Gasteiger partial charge in [0.2, 0.25) is 0 Å². The van der Waals surface area contributed by atoms with Gasteiger partial charge >= 0.3 is 0 Å². The van der Waals surface area contributed by atoms with Gasteiger partial charge in [0.05, 0.1) is 18.9 Å². The molecule has 0 aliphatic heterocycles. The van der Waals surface area contributed by atoms with Crippen LogP contribution in [0.3, 0.4) is 0 Å². The summed E-state index contributed by atoms with van der Waals surface area (Å²) < 4.78 is 5.21. The Labute approximate surface area is 102 Å². The molecule has 1 aliphatic rings. The Hall–Kier alpha value is -1.42. The molecule has 0 atom stereocenters. The predicted octanol–water partition coefficient (Wildman–Crippen LogP) is 1.48. The zero-order valence-electron chi connectivity index (χ0n) is 10.4. The second kappa shape index (κ2) is 4.84. The van der Waals surface area contributed by atoms with Gasteiger partial charge in [-0.25, -0.2) is 0 Å². The third-order valence-electron chi connectivity index (χ3n) is 3.40. The highest BCUT2D eigenvalue weighted by Crippen LogP contribution is 2.31. The van der Waals surface area contributed by atoms with Crippen molar-refractivity contribution in [3.05, 3.63) is 18.2 Å². The highest BCUT2D eigenvalue weighted by molar-refractivity contribution is 5.62. The molecule has 0 radical (unpaired) electrons. The monoisotopic (exact) mass is 236 g/mol. The molecule has 17 heavy (non-hydrogen) atoms. The molecule has 94 valence electrons. The highest BCUT2D eigenvalue weighted by atomic mass is 16.5. The molecule has 4 heteroatoms. The molecule has 0 spiro atoms. The van der Waals surface area contributed by atoms with Gasteiger partial charge in [0.1, 0.15) is 5.75 Å². The quantitative estimate of drug-likeness (QED) is 0.778. The molecule has 0 unspecified atom stereocenters. The number of aliphatic hydroxyl groups excluding tert-OH is 1. The zero-order chi connectivity index (χ0) is 12.4. The molecule has 0 saturated heterocycles. The Morgan fingerprint density at radius 1 is 1.47 bits per heavy atom. The molecular formula is C13H20N2O2. The van der Waals surface area contributed by atoms with Crippen molar-refractivity contribution in [2.45, 2.75) is 18.9 Å². The van der Waals surface area contributed by atoms with Crippen LogP contribution in [-0.4, -0.2) is 31.9 Å². The molecule has 0 aromatic heterocycles. The normalized spacial score (nSPS) is 23.0. The summed E-state index contributed by atoms with van der Waals surface area (Å²) in [5, 5.41) is 9.27. The van der Waals surface area contributed by atoms with Crippen LogP contribution in [-0.2, 0) is 0 Å². The summed E-state index contributed by atoms with van der Waals surface area (Å²) in [6.45, 7) is 0.962. The summed E-state index contributed by atoms with van der Waals surface area (Å²) in [6.07, 6.45) is 1.74. The van der Waals surface area contributed by atoms with Gasteiger partial charge in [0, 0.05) is 25.3 Å². The molecule has 1 aliphatic carbocycles. The van der Waals surface area contributed by atoms with Gasteiger partial charge in [0.25, 0.3) is 0 Å². The third kappa shape index (κ3) is 2.64. The minimum absolute atomic E-state index is 0.0886. The van der Waals surface area contributed by atoms with E-state index >= 15 is 0 Å². The fraction of sp³-hybridized carbons (Fsp3) is 0.538. The minimum Gasteiger partial charge on any atom is -0.495 e. The lowest BCUT2D eigenvalue weighted by Crippen LogP contribution is -2.37. The van der Waals surface area contributed by atoms with E-state index in [1.165, 1.54) is 0 Å². The lowest BCUT2D eigenvalue weighted by atomic mass is 9.82. The number of benzene rings is 1. The number of aliphatic hydroxyl groups is 1. The third-order valence-corrected chi connectivity index (χ3v) is 3.40. The number of nitrogens with two attached hydrogens (primary N) is 1. The molecule has 1 saturated carbocycles. The van der Waals surface area contributed by atoms with Crippen molar-refractivity contribution in [1.82, 2.24) is 0 Å². The first-order valence-corrected chi connectivity index (χ1v) is 5.93. The molecule has 3 N–H and O–H groups in total. The van der Waals surface area contributed by atoms with Gasteiger partial charge in [0.15, 0.2) is 0 Å². The number of nitrogens with zero attached hydrogens (tertiary/aromatic N) is 1. The van der Waals surface area contributed by atoms with Gasteiger partial charge in [-0.15, -0.1) is 0 Å². The maximum atomic E-state index is 9.27. The Morgan fingerprint density at radius 3 is 2.76 bits per heavy atom. The molecule has 4 nitrogen and oxygen atoms in total. The van der Waals surface area contributed by atoms with Gasteiger partial charge in [-0.05, 0) is 30.9 Å². The van der Waals surface area contributed by atoms with Crippen molar-refractivity contribution >= 4 is 11.4 Å². The molecule has 2 rings (SSSR count). The van der Waals surface area contributed by atoms with Gasteiger partial charge in [-0.3, -0.25) is 0 Å². The lowest BCUT2D eigenvalue weighted by Gasteiger charge is -2.35. The van der Waals surface area contributed by atoms with E-state index in [1.54, 1.807) is 7.11 Å². The van der Waals surface area contributed by atoms with Crippen molar-refractivity contribution in [3.8, 4) is 5.75 Å². The number of ether oxygens (including phenoxy) is 1. The smallest absolute Gasteiger partial charge is 0.143 e. The SMILES string of the molecule is COc1cc(N(C)CC2CC(O)C2)ccc1N. The maximum absolute atomic E-state index is 9.27. The van der Waals surface area contributed by atoms with Crippen LogP contribution in [0.1, 0.15) is 12.8 Å². The van der Waals surface area contributed by atoms with E-state index in [4.69, 9.17) is 10.5 Å². The Morgan fingerprint density at radius 2 is 2.18 bits per heavy atom. The lowest BCUT2D eigenvalue weighted by molar-refractivity contribution is 0.0465. The van der Waals surface area contributed by atoms with E-state index in [-0.39, 0.29) is 6.10 Å². The molecule has 1 aromatic rings. The van der Waals surface area contributed by atoms with E-state index in [2.05, 4.69) is 11.9 Å². The average Bonchev–Trinajstić information content (AvgIpc) is 2.27. The van der Waals surface area contributed by atoms with Crippen LogP contribution in [0.4, 0.5) is 11.4 Å². The first kappa shape index (κ1) is 12.0. The van der Waals surface area contributed by atoms with Crippen molar-refractivity contribution < 1.29 is 9.84 Å². The van der Waals surface area contributed by atoms with Crippen LogP contribution in [0.15, 0.2) is 18.2 Å². The number of hydrogen-bond acceptors (Lipinski definition) is 4. The first-order chi connectivity index (χ1) is 8.10. The summed E-state index contributed by atoms with van der Waals surface area (Å²) in [5.74, 6) is 1.31. The van der Waals surface area contributed by atoms with Crippen molar-refractivity contribution in [3.63, 3.8) is 0 Å². The predicted molar refractivity (Wildman–Crippen MR) is 69.4 cm³/mol. The number of nitrogen functional groups attached to an aromatic ring is 1. The van der Waals surface area contributed by atoms with E-state index in [0.717, 1.165) is 25.1 Å². The Kier molecular flexibility index (Phi) is 3.43. The first-order valence-electron chi connectivity index (χ1n) is 5.93. The van der Waals surface area contributed by atoms with Crippen molar-refractivity contribution in [2.24, 2.45) is 5.92 Å². The maximum Gasteiger partial charge on any atom is 0.143 e. The van der Waals surface area contributed by atoms with Crippen LogP contribution >= 0.6 is 0 Å². The molecule has 1 fully saturated rings. The second-order valence-electron chi connectivity index (χ2n) is 4.80. The zero-order valence-corrected chi connectivity index (χ0v) is 10.4. The summed E-state index contributed by atoms with van der Waals surface area (Å²) >= 11 is 0. The Balaban J connectivity index is 2.01. The topological polar surface area (TPSA) is 58.7 Å². The molecule has 0 amide bonds. The summed E-state index contributed by atoms with van der Waals surface area (Å²) in [6, 6.07) is 5.80. The number of anilines is 2. The molecule has 0 bridgehead atoms. The van der Waals surface area contributed by atoms with Gasteiger partial charge in [-0.2, -0.15) is 0 Å². The van der Waals surface area contributed by atoms with Crippen molar-refractivity contribution in [1.29, 1.82) is 0 Å². The molecular weight excluding hydrogens is 216 g/mol. The van der Waals surface area contributed by atoms with Crippen LogP contribution < -0.4 is 15.4 Å². The van der Waals surface area contributed by atoms with Crippen LogP contribution in [0.2, 0.25) is 0 Å². The van der Waals surface area contributed by atoms with Crippen molar-refractivity contribution in [2.75, 3.05) is 31.3 Å². The van der Waals surface area contributed by atoms with Crippen LogP contribution in [0.5, 0.6) is 5.75 Å². The van der Waals surface area contributed by atoms with Crippen LogP contribution in [0, 0.1) is 5.92 Å². The summed E-state index contributed by atoms with van der Waals surface area (Å²) in [4.78, 5) is 2.18. The van der Waals surface area contributed by atoms with E-state index in [1.807, 2.05) is 18.2 Å². The summed E-state index contributed by atoms with van der Waals surface area (Å²) in [7, 11) is 3.67. The fourth-order valence-corrected chi connectivity index (χ4v) is 2.28. The van der Waals surface area contributed by atoms with Gasteiger partial charge < -0.3 is 20.5 Å². The fourth-order valence-electron chi connectivity index (χ4n) is 2.28. The average molecular weight is 236 g/mol. The number of methoxy groups -OCH3 is 1. The summed E-state index contributed by atoms with van der Waals surface area (Å²) in [5.41, 5.74) is 7.53. The molecule has 1 aromatic carbocycles. The Bertz CT molecular complexity index is 389. The van der Waals surface area contributed by atoms with Crippen LogP contribution in [0.25, 0.3) is 0 Å². The van der Waals surface area contributed by atoms with E-state index in [0.29, 0.717) is 17.4 Å². The van der Waals surface area contributed by atoms with Gasteiger partial charge in [-0.1, -0.05) is 0 Å². The van der Waals surface area contributed by atoms with E-state index < -0.39 is 0 Å². The highest BCUT2D eigenvalue weighted by Gasteiger charge is 2.28. The van der Waals surface area contributed by atoms with E-state index in [9.17, 15) is 5.11 Å². The number of hydrogen-bond donors (Lipinski definition) is 2.